The third-order valence-corrected chi connectivity index (χ3v) is 5.22. The van der Waals surface area contributed by atoms with Gasteiger partial charge in [0.05, 0.1) is 12.1 Å². The summed E-state index contributed by atoms with van der Waals surface area (Å²) in [5, 5.41) is 2.93. The van der Waals surface area contributed by atoms with Crippen LogP contribution in [-0.4, -0.2) is 19.0 Å². The quantitative estimate of drug-likeness (QED) is 0.587. The Hall–Kier alpha value is -3.54. The van der Waals surface area contributed by atoms with E-state index in [0.717, 1.165) is 34.5 Å². The number of anilines is 1. The number of nitrogens with zero attached hydrogens (tertiary/aromatic N) is 1. The van der Waals surface area contributed by atoms with Crippen molar-refractivity contribution in [3.05, 3.63) is 95.6 Å². The second kappa shape index (κ2) is 8.68. The molecule has 3 aromatic rings. The third kappa shape index (κ3) is 4.97. The number of hydrogen-bond donors (Lipinski definition) is 1. The van der Waals surface area contributed by atoms with E-state index in [1.807, 2.05) is 59.5 Å². The summed E-state index contributed by atoms with van der Waals surface area (Å²) >= 11 is 0. The van der Waals surface area contributed by atoms with Crippen LogP contribution in [-0.2, 0) is 17.5 Å². The molecule has 1 aliphatic rings. The van der Waals surface area contributed by atoms with Crippen molar-refractivity contribution in [1.29, 1.82) is 0 Å². The number of halogens is 3. The largest absolute Gasteiger partial charge is 0.416 e. The van der Waals surface area contributed by atoms with Gasteiger partial charge in [-0.1, -0.05) is 66.7 Å². The van der Waals surface area contributed by atoms with Gasteiger partial charge in [-0.3, -0.25) is 4.79 Å². The first-order valence-corrected chi connectivity index (χ1v) is 9.94. The summed E-state index contributed by atoms with van der Waals surface area (Å²) in [5.41, 5.74) is 3.92. The average molecular weight is 422 g/mol. The van der Waals surface area contributed by atoms with Crippen molar-refractivity contribution in [2.45, 2.75) is 12.7 Å². The molecule has 0 radical (unpaired) electrons. The number of carbonyl (C=O) groups is 1. The van der Waals surface area contributed by atoms with E-state index in [4.69, 9.17) is 0 Å². The van der Waals surface area contributed by atoms with Crippen molar-refractivity contribution >= 4 is 17.7 Å². The number of carbonyl (C=O) groups excluding carboxylic acids is 1. The molecule has 0 bridgehead atoms. The van der Waals surface area contributed by atoms with E-state index in [1.54, 1.807) is 0 Å². The normalized spacial score (nSPS) is 13.1. The van der Waals surface area contributed by atoms with E-state index in [-0.39, 0.29) is 12.5 Å². The topological polar surface area (TPSA) is 32.3 Å². The maximum atomic E-state index is 12.7. The lowest BCUT2D eigenvalue weighted by molar-refractivity contribution is -0.137. The fourth-order valence-electron chi connectivity index (χ4n) is 3.57. The Bertz CT molecular complexity index is 1090. The molecule has 3 nitrogen and oxygen atoms in total. The Morgan fingerprint density at radius 2 is 1.55 bits per heavy atom. The van der Waals surface area contributed by atoms with Gasteiger partial charge < -0.3 is 10.2 Å². The number of nitrogens with one attached hydrogen (secondary N) is 1. The van der Waals surface area contributed by atoms with Crippen LogP contribution in [0.2, 0.25) is 0 Å². The van der Waals surface area contributed by atoms with Crippen molar-refractivity contribution in [3.8, 4) is 11.1 Å². The molecule has 31 heavy (non-hydrogen) atoms. The molecular weight excluding hydrogens is 401 g/mol. The molecular formula is C25H21F3N2O. The Balaban J connectivity index is 1.33. The standard InChI is InChI=1S/C25H21F3N2O/c26-25(27,28)22-13-11-20(12-14-22)19-9-7-18(8-10-19)16-29-24(31)17-30-15-3-5-21-4-1-2-6-23(21)30/h1-14H,15-17H2,(H,29,31). The number of rotatable bonds is 5. The fraction of sp³-hybridized carbons (Fsp3) is 0.160. The van der Waals surface area contributed by atoms with Crippen LogP contribution in [0.15, 0.2) is 78.9 Å². The first-order valence-electron chi connectivity index (χ1n) is 9.94. The fourth-order valence-corrected chi connectivity index (χ4v) is 3.57. The molecule has 158 valence electrons. The van der Waals surface area contributed by atoms with Crippen LogP contribution in [0.4, 0.5) is 18.9 Å². The number of amides is 1. The van der Waals surface area contributed by atoms with E-state index < -0.39 is 11.7 Å². The molecule has 1 N–H and O–H groups in total. The molecule has 0 saturated heterocycles. The summed E-state index contributed by atoms with van der Waals surface area (Å²) in [6, 6.07) is 20.5. The average Bonchev–Trinajstić information content (AvgIpc) is 2.78. The third-order valence-electron chi connectivity index (χ3n) is 5.22. The molecule has 0 saturated carbocycles. The predicted molar refractivity (Wildman–Crippen MR) is 116 cm³/mol. The zero-order valence-electron chi connectivity index (χ0n) is 16.7. The molecule has 0 aromatic heterocycles. The molecule has 0 atom stereocenters. The van der Waals surface area contributed by atoms with E-state index >= 15 is 0 Å². The Labute approximate surface area is 178 Å². The first-order chi connectivity index (χ1) is 14.9. The van der Waals surface area contributed by atoms with Crippen molar-refractivity contribution < 1.29 is 18.0 Å². The van der Waals surface area contributed by atoms with Gasteiger partial charge in [0.15, 0.2) is 0 Å². The molecule has 1 aliphatic heterocycles. The highest BCUT2D eigenvalue weighted by Crippen LogP contribution is 2.31. The summed E-state index contributed by atoms with van der Waals surface area (Å²) in [5.74, 6) is -0.0723. The van der Waals surface area contributed by atoms with Gasteiger partial charge in [-0.05, 0) is 40.5 Å². The zero-order chi connectivity index (χ0) is 21.8. The van der Waals surface area contributed by atoms with E-state index in [2.05, 4.69) is 11.4 Å². The van der Waals surface area contributed by atoms with Crippen LogP contribution < -0.4 is 10.2 Å². The van der Waals surface area contributed by atoms with Crippen molar-refractivity contribution in [2.75, 3.05) is 18.0 Å². The highest BCUT2D eigenvalue weighted by molar-refractivity contribution is 5.83. The number of alkyl halides is 3. The Morgan fingerprint density at radius 1 is 0.903 bits per heavy atom. The summed E-state index contributed by atoms with van der Waals surface area (Å²) in [4.78, 5) is 14.5. The zero-order valence-corrected chi connectivity index (χ0v) is 16.7. The van der Waals surface area contributed by atoms with Crippen LogP contribution >= 0.6 is 0 Å². The Kier molecular flexibility index (Phi) is 5.80. The predicted octanol–water partition coefficient (Wildman–Crippen LogP) is 5.52. The van der Waals surface area contributed by atoms with Crippen molar-refractivity contribution in [2.24, 2.45) is 0 Å². The summed E-state index contributed by atoms with van der Waals surface area (Å²) in [6.07, 6.45) is -0.245. The minimum absolute atomic E-state index is 0.0723. The van der Waals surface area contributed by atoms with E-state index in [0.29, 0.717) is 18.7 Å². The smallest absolute Gasteiger partial charge is 0.358 e. The summed E-state index contributed by atoms with van der Waals surface area (Å²) in [6.45, 7) is 1.34. The molecule has 0 unspecified atom stereocenters. The molecule has 0 spiro atoms. The van der Waals surface area contributed by atoms with Gasteiger partial charge in [-0.2, -0.15) is 13.2 Å². The van der Waals surface area contributed by atoms with E-state index in [9.17, 15) is 18.0 Å². The maximum Gasteiger partial charge on any atom is 0.416 e. The van der Waals surface area contributed by atoms with Gasteiger partial charge in [0.1, 0.15) is 0 Å². The van der Waals surface area contributed by atoms with Crippen molar-refractivity contribution in [3.63, 3.8) is 0 Å². The van der Waals surface area contributed by atoms with Crippen LogP contribution in [0.1, 0.15) is 16.7 Å². The molecule has 1 amide bonds. The van der Waals surface area contributed by atoms with E-state index in [1.165, 1.54) is 12.1 Å². The number of benzene rings is 3. The van der Waals surface area contributed by atoms with Gasteiger partial charge in [-0.25, -0.2) is 0 Å². The lowest BCUT2D eigenvalue weighted by Gasteiger charge is -2.27. The second-order valence-corrected chi connectivity index (χ2v) is 7.39. The summed E-state index contributed by atoms with van der Waals surface area (Å²) < 4.78 is 38.1. The Morgan fingerprint density at radius 3 is 2.23 bits per heavy atom. The van der Waals surface area contributed by atoms with Gasteiger partial charge in [0.2, 0.25) is 5.91 Å². The maximum absolute atomic E-state index is 12.7. The number of hydrogen-bond acceptors (Lipinski definition) is 2. The lowest BCUT2D eigenvalue weighted by atomic mass is 10.0. The highest BCUT2D eigenvalue weighted by Gasteiger charge is 2.29. The van der Waals surface area contributed by atoms with Gasteiger partial charge in [-0.15, -0.1) is 0 Å². The van der Waals surface area contributed by atoms with Crippen LogP contribution in [0.3, 0.4) is 0 Å². The second-order valence-electron chi connectivity index (χ2n) is 7.39. The SMILES string of the molecule is O=C(CN1CC=Cc2ccccc21)NCc1ccc(-c2ccc(C(F)(F)F)cc2)cc1. The van der Waals surface area contributed by atoms with Crippen LogP contribution in [0.25, 0.3) is 17.2 Å². The molecule has 0 fully saturated rings. The molecule has 6 heteroatoms. The number of para-hydroxylation sites is 1. The first kappa shape index (κ1) is 20.7. The van der Waals surface area contributed by atoms with Gasteiger partial charge in [0, 0.05) is 18.8 Å². The monoisotopic (exact) mass is 422 g/mol. The molecule has 1 heterocycles. The van der Waals surface area contributed by atoms with Crippen LogP contribution in [0.5, 0.6) is 0 Å². The van der Waals surface area contributed by atoms with Crippen molar-refractivity contribution in [1.82, 2.24) is 5.32 Å². The lowest BCUT2D eigenvalue weighted by Crippen LogP contribution is -2.38. The highest BCUT2D eigenvalue weighted by atomic mass is 19.4. The summed E-state index contributed by atoms with van der Waals surface area (Å²) in [7, 11) is 0. The number of fused-ring (bicyclic) bond motifs is 1. The van der Waals surface area contributed by atoms with Gasteiger partial charge >= 0.3 is 6.18 Å². The molecule has 3 aromatic carbocycles. The molecule has 4 rings (SSSR count). The van der Waals surface area contributed by atoms with Gasteiger partial charge in [0.25, 0.3) is 0 Å². The minimum Gasteiger partial charge on any atom is -0.358 e. The molecule has 0 aliphatic carbocycles. The van der Waals surface area contributed by atoms with Crippen LogP contribution in [0, 0.1) is 0 Å². The minimum atomic E-state index is -4.34.